The van der Waals surface area contributed by atoms with E-state index >= 15 is 0 Å². The number of carbonyl (C=O) groups is 1. The van der Waals surface area contributed by atoms with Crippen molar-refractivity contribution >= 4 is 12.0 Å². The molecule has 144 valence electrons. The number of carbonyl (C=O) groups excluding carboxylic acids is 1. The molecule has 0 aliphatic heterocycles. The maximum Gasteiger partial charge on any atom is 0.344 e. The SMILES string of the molecule is C/C=C/c1ccc(OCC(=O)OCc2nnnn2-c2ccccc2)c(OC)c1. The number of allylic oxidation sites excluding steroid dienone is 1. The van der Waals surface area contributed by atoms with E-state index in [9.17, 15) is 4.79 Å². The zero-order chi connectivity index (χ0) is 19.8. The minimum absolute atomic E-state index is 0.0680. The molecule has 0 bridgehead atoms. The summed E-state index contributed by atoms with van der Waals surface area (Å²) in [7, 11) is 1.55. The van der Waals surface area contributed by atoms with E-state index in [2.05, 4.69) is 15.5 Å². The molecule has 1 heterocycles. The molecule has 0 radical (unpaired) electrons. The van der Waals surface area contributed by atoms with Gasteiger partial charge in [-0.2, -0.15) is 4.68 Å². The van der Waals surface area contributed by atoms with Gasteiger partial charge in [0.05, 0.1) is 12.8 Å². The van der Waals surface area contributed by atoms with Gasteiger partial charge in [0.2, 0.25) is 0 Å². The summed E-state index contributed by atoms with van der Waals surface area (Å²) in [5, 5.41) is 11.4. The number of ether oxygens (including phenoxy) is 3. The molecular formula is C20H20N4O4. The molecule has 8 nitrogen and oxygen atoms in total. The maximum atomic E-state index is 12.1. The Balaban J connectivity index is 1.57. The maximum absolute atomic E-state index is 12.1. The highest BCUT2D eigenvalue weighted by molar-refractivity contribution is 5.71. The number of esters is 1. The molecule has 1 aromatic heterocycles. The molecule has 0 fully saturated rings. The Morgan fingerprint density at radius 1 is 1.14 bits per heavy atom. The zero-order valence-electron chi connectivity index (χ0n) is 15.6. The molecule has 0 atom stereocenters. The van der Waals surface area contributed by atoms with Crippen LogP contribution in [0.25, 0.3) is 11.8 Å². The van der Waals surface area contributed by atoms with Crippen molar-refractivity contribution in [2.24, 2.45) is 0 Å². The summed E-state index contributed by atoms with van der Waals surface area (Å²) in [5.74, 6) is 0.869. The Kier molecular flexibility index (Phi) is 6.35. The van der Waals surface area contributed by atoms with Crippen molar-refractivity contribution in [3.8, 4) is 17.2 Å². The minimum Gasteiger partial charge on any atom is -0.493 e. The van der Waals surface area contributed by atoms with Gasteiger partial charge in [-0.25, -0.2) is 4.79 Å². The van der Waals surface area contributed by atoms with E-state index in [1.54, 1.807) is 13.2 Å². The van der Waals surface area contributed by atoms with Crippen LogP contribution in [0.1, 0.15) is 18.3 Å². The van der Waals surface area contributed by atoms with Gasteiger partial charge in [0.15, 0.2) is 30.5 Å². The number of hydrogen-bond acceptors (Lipinski definition) is 7. The summed E-state index contributed by atoms with van der Waals surface area (Å²) in [6.07, 6.45) is 3.87. The first-order chi connectivity index (χ1) is 13.7. The topological polar surface area (TPSA) is 88.4 Å². The number of methoxy groups -OCH3 is 1. The third kappa shape index (κ3) is 4.73. The van der Waals surface area contributed by atoms with Gasteiger partial charge < -0.3 is 14.2 Å². The minimum atomic E-state index is -0.540. The van der Waals surface area contributed by atoms with E-state index in [4.69, 9.17) is 14.2 Å². The van der Waals surface area contributed by atoms with Crippen molar-refractivity contribution < 1.29 is 19.0 Å². The second-order valence-corrected chi connectivity index (χ2v) is 5.70. The van der Waals surface area contributed by atoms with E-state index < -0.39 is 5.97 Å². The fourth-order valence-corrected chi connectivity index (χ4v) is 2.49. The Morgan fingerprint density at radius 2 is 1.96 bits per heavy atom. The van der Waals surface area contributed by atoms with Gasteiger partial charge in [0.1, 0.15) is 0 Å². The van der Waals surface area contributed by atoms with Crippen molar-refractivity contribution in [2.75, 3.05) is 13.7 Å². The number of hydrogen-bond donors (Lipinski definition) is 0. The largest absolute Gasteiger partial charge is 0.493 e. The van der Waals surface area contributed by atoms with Crippen LogP contribution in [0.4, 0.5) is 0 Å². The average molecular weight is 380 g/mol. The van der Waals surface area contributed by atoms with Crippen LogP contribution in [-0.2, 0) is 16.1 Å². The predicted molar refractivity (Wildman–Crippen MR) is 102 cm³/mol. The lowest BCUT2D eigenvalue weighted by molar-refractivity contribution is -0.147. The van der Waals surface area contributed by atoms with Gasteiger partial charge in [0, 0.05) is 0 Å². The lowest BCUT2D eigenvalue weighted by atomic mass is 10.2. The summed E-state index contributed by atoms with van der Waals surface area (Å²) in [5.41, 5.74) is 1.75. The molecule has 0 aliphatic rings. The lowest BCUT2D eigenvalue weighted by Crippen LogP contribution is -2.16. The number of nitrogens with zero attached hydrogens (tertiary/aromatic N) is 4. The zero-order valence-corrected chi connectivity index (χ0v) is 15.6. The van der Waals surface area contributed by atoms with Crippen molar-refractivity contribution in [3.05, 3.63) is 66.0 Å². The van der Waals surface area contributed by atoms with Crippen molar-refractivity contribution in [3.63, 3.8) is 0 Å². The Hall–Kier alpha value is -3.68. The van der Waals surface area contributed by atoms with Crippen LogP contribution in [0.3, 0.4) is 0 Å². The van der Waals surface area contributed by atoms with Crippen LogP contribution in [0.2, 0.25) is 0 Å². The Labute approximate surface area is 162 Å². The second-order valence-electron chi connectivity index (χ2n) is 5.70. The molecule has 0 aliphatic carbocycles. The first-order valence-electron chi connectivity index (χ1n) is 8.63. The van der Waals surface area contributed by atoms with Gasteiger partial charge in [-0.1, -0.05) is 36.4 Å². The summed E-state index contributed by atoms with van der Waals surface area (Å²) in [6, 6.07) is 14.8. The summed E-state index contributed by atoms with van der Waals surface area (Å²) < 4.78 is 17.6. The first-order valence-corrected chi connectivity index (χ1v) is 8.63. The molecule has 0 unspecified atom stereocenters. The van der Waals surface area contributed by atoms with E-state index in [1.165, 1.54) is 4.68 Å². The van der Waals surface area contributed by atoms with Crippen LogP contribution in [0.5, 0.6) is 11.5 Å². The highest BCUT2D eigenvalue weighted by Gasteiger charge is 2.13. The number of aromatic nitrogens is 4. The van der Waals surface area contributed by atoms with E-state index in [0.717, 1.165) is 11.3 Å². The number of benzene rings is 2. The van der Waals surface area contributed by atoms with Crippen molar-refractivity contribution in [1.82, 2.24) is 20.2 Å². The van der Waals surface area contributed by atoms with Gasteiger partial charge in [-0.3, -0.25) is 0 Å². The summed E-state index contributed by atoms with van der Waals surface area (Å²) >= 11 is 0. The standard InChI is InChI=1S/C20H20N4O4/c1-3-7-15-10-11-17(18(12-15)26-2)27-14-20(25)28-13-19-21-22-23-24(19)16-8-5-4-6-9-16/h3-12H,13-14H2,1-2H3/b7-3+. The molecule has 0 amide bonds. The molecule has 28 heavy (non-hydrogen) atoms. The highest BCUT2D eigenvalue weighted by Crippen LogP contribution is 2.28. The molecule has 3 aromatic rings. The van der Waals surface area contributed by atoms with Gasteiger partial charge in [-0.15, -0.1) is 5.10 Å². The number of para-hydroxylation sites is 1. The molecule has 8 heteroatoms. The molecule has 3 rings (SSSR count). The van der Waals surface area contributed by atoms with Crippen LogP contribution in [0.15, 0.2) is 54.6 Å². The molecule has 0 spiro atoms. The van der Waals surface area contributed by atoms with Crippen LogP contribution >= 0.6 is 0 Å². The summed E-state index contributed by atoms with van der Waals surface area (Å²) in [4.78, 5) is 12.1. The average Bonchev–Trinajstić information content (AvgIpc) is 3.20. The van der Waals surface area contributed by atoms with Crippen LogP contribution in [0, 0.1) is 0 Å². The monoisotopic (exact) mass is 380 g/mol. The lowest BCUT2D eigenvalue weighted by Gasteiger charge is -2.11. The van der Waals surface area contributed by atoms with E-state index in [1.807, 2.05) is 61.5 Å². The quantitative estimate of drug-likeness (QED) is 0.555. The second kappa shape index (κ2) is 9.31. The fraction of sp³-hybridized carbons (Fsp3) is 0.200. The molecule has 0 N–H and O–H groups in total. The Bertz CT molecular complexity index is 954. The van der Waals surface area contributed by atoms with E-state index in [-0.39, 0.29) is 13.2 Å². The van der Waals surface area contributed by atoms with Gasteiger partial charge in [0.25, 0.3) is 0 Å². The Morgan fingerprint density at radius 3 is 2.71 bits per heavy atom. The first kappa shape index (κ1) is 19.1. The molecule has 0 saturated heterocycles. The molecular weight excluding hydrogens is 360 g/mol. The third-order valence-corrected chi connectivity index (χ3v) is 3.79. The van der Waals surface area contributed by atoms with Gasteiger partial charge >= 0.3 is 5.97 Å². The van der Waals surface area contributed by atoms with Crippen molar-refractivity contribution in [2.45, 2.75) is 13.5 Å². The van der Waals surface area contributed by atoms with Gasteiger partial charge in [-0.05, 0) is 47.2 Å². The number of tetrazole rings is 1. The summed E-state index contributed by atoms with van der Waals surface area (Å²) in [6.45, 7) is 1.61. The predicted octanol–water partition coefficient (Wildman–Crippen LogP) is 2.83. The van der Waals surface area contributed by atoms with E-state index in [0.29, 0.717) is 17.3 Å². The molecule has 0 saturated carbocycles. The van der Waals surface area contributed by atoms with Crippen molar-refractivity contribution in [1.29, 1.82) is 0 Å². The van der Waals surface area contributed by atoms with Crippen LogP contribution < -0.4 is 9.47 Å². The molecule has 2 aromatic carbocycles. The highest BCUT2D eigenvalue weighted by atomic mass is 16.6. The van der Waals surface area contributed by atoms with Crippen LogP contribution in [-0.4, -0.2) is 39.9 Å². The normalized spacial score (nSPS) is 10.8. The number of rotatable bonds is 8. The fourth-order valence-electron chi connectivity index (χ4n) is 2.49. The smallest absolute Gasteiger partial charge is 0.344 e. The third-order valence-electron chi connectivity index (χ3n) is 3.79.